The summed E-state index contributed by atoms with van der Waals surface area (Å²) < 4.78 is 2.63. The Morgan fingerprint density at radius 3 is 3.06 bits per heavy atom. The highest BCUT2D eigenvalue weighted by atomic mass is 79.9. The summed E-state index contributed by atoms with van der Waals surface area (Å²) in [6.07, 6.45) is 5.29. The van der Waals surface area contributed by atoms with Crippen molar-refractivity contribution in [2.45, 2.75) is 6.54 Å². The van der Waals surface area contributed by atoms with Crippen molar-refractivity contribution in [3.8, 4) is 0 Å². The Bertz CT molecular complexity index is 470. The van der Waals surface area contributed by atoms with Crippen LogP contribution in [0.2, 0.25) is 0 Å². The quantitative estimate of drug-likeness (QED) is 0.559. The molecule has 2 aromatic rings. The van der Waals surface area contributed by atoms with Crippen molar-refractivity contribution in [2.24, 2.45) is 5.84 Å². The summed E-state index contributed by atoms with van der Waals surface area (Å²) in [6.45, 7) is 1.47. The predicted octanol–water partition coefficient (Wildman–Crippen LogP) is 0.833. The van der Waals surface area contributed by atoms with E-state index in [9.17, 15) is 0 Å². The van der Waals surface area contributed by atoms with Gasteiger partial charge in [-0.2, -0.15) is 10.1 Å². The lowest BCUT2D eigenvalue weighted by molar-refractivity contribution is 0.637. The number of nitrogens with one attached hydrogen (secondary N) is 2. The molecule has 0 aliphatic carbocycles. The summed E-state index contributed by atoms with van der Waals surface area (Å²) in [5.74, 6) is 6.31. The van der Waals surface area contributed by atoms with Gasteiger partial charge in [-0.1, -0.05) is 0 Å². The molecule has 0 bridgehead atoms. The van der Waals surface area contributed by atoms with Gasteiger partial charge in [0.05, 0.1) is 11.0 Å². The van der Waals surface area contributed by atoms with E-state index in [-0.39, 0.29) is 0 Å². The number of hydrazine groups is 1. The number of aromatic nitrogens is 4. The van der Waals surface area contributed by atoms with Gasteiger partial charge in [-0.05, 0) is 22.0 Å². The van der Waals surface area contributed by atoms with Crippen LogP contribution in [0, 0.1) is 0 Å². The third kappa shape index (κ3) is 3.14. The van der Waals surface area contributed by atoms with E-state index in [1.807, 2.05) is 16.9 Å². The average molecular weight is 298 g/mol. The normalized spacial score (nSPS) is 10.2. The molecule has 0 amide bonds. The number of hydrogen-bond acceptors (Lipinski definition) is 6. The molecule has 2 heterocycles. The Hall–Kier alpha value is -1.67. The predicted molar refractivity (Wildman–Crippen MR) is 68.3 cm³/mol. The number of halogens is 1. The van der Waals surface area contributed by atoms with E-state index in [0.29, 0.717) is 18.3 Å². The molecule has 0 atom stereocenters. The van der Waals surface area contributed by atoms with Crippen LogP contribution < -0.4 is 16.6 Å². The van der Waals surface area contributed by atoms with E-state index in [4.69, 9.17) is 5.84 Å². The monoisotopic (exact) mass is 297 g/mol. The van der Waals surface area contributed by atoms with E-state index < -0.39 is 0 Å². The summed E-state index contributed by atoms with van der Waals surface area (Å²) in [4.78, 5) is 8.14. The highest BCUT2D eigenvalue weighted by Gasteiger charge is 2.03. The molecule has 8 heteroatoms. The second-order valence-corrected chi connectivity index (χ2v) is 4.08. The molecule has 7 nitrogen and oxygen atoms in total. The van der Waals surface area contributed by atoms with Crippen molar-refractivity contribution in [1.82, 2.24) is 19.7 Å². The smallest absolute Gasteiger partial charge is 0.239 e. The molecule has 0 spiro atoms. The Balaban J connectivity index is 1.94. The minimum absolute atomic E-state index is 0.370. The van der Waals surface area contributed by atoms with Crippen LogP contribution in [0.25, 0.3) is 0 Å². The standard InChI is InChI=1S/C9H12BrN7/c10-7-6-13-9(16-11)15-8(7)12-3-5-17-4-1-2-14-17/h1-2,4,6H,3,5,11H2,(H2,12,13,15,16). The number of anilines is 2. The van der Waals surface area contributed by atoms with Gasteiger partial charge in [-0.25, -0.2) is 10.8 Å². The zero-order valence-electron chi connectivity index (χ0n) is 8.97. The number of rotatable bonds is 5. The van der Waals surface area contributed by atoms with Gasteiger partial charge >= 0.3 is 0 Å². The third-order valence-corrected chi connectivity index (χ3v) is 2.65. The fourth-order valence-electron chi connectivity index (χ4n) is 1.28. The second kappa shape index (κ2) is 5.60. The molecule has 0 aromatic carbocycles. The molecule has 0 radical (unpaired) electrons. The first-order valence-electron chi connectivity index (χ1n) is 5.00. The fourth-order valence-corrected chi connectivity index (χ4v) is 1.61. The number of hydrogen-bond donors (Lipinski definition) is 3. The molecule has 90 valence electrons. The number of nitrogen functional groups attached to an aromatic ring is 1. The Morgan fingerprint density at radius 1 is 1.47 bits per heavy atom. The van der Waals surface area contributed by atoms with Gasteiger partial charge in [0.15, 0.2) is 0 Å². The minimum Gasteiger partial charge on any atom is -0.367 e. The largest absolute Gasteiger partial charge is 0.367 e. The van der Waals surface area contributed by atoms with Crippen LogP contribution in [0.1, 0.15) is 0 Å². The highest BCUT2D eigenvalue weighted by Crippen LogP contribution is 2.19. The van der Waals surface area contributed by atoms with Crippen LogP contribution in [0.3, 0.4) is 0 Å². The summed E-state index contributed by atoms with van der Waals surface area (Å²) in [6, 6.07) is 1.89. The SMILES string of the molecule is NNc1ncc(Br)c(NCCn2cccn2)n1. The molecule has 0 saturated carbocycles. The molecule has 2 aromatic heterocycles. The van der Waals surface area contributed by atoms with Crippen molar-refractivity contribution in [1.29, 1.82) is 0 Å². The maximum atomic E-state index is 5.24. The summed E-state index contributed by atoms with van der Waals surface area (Å²) in [5.41, 5.74) is 2.40. The van der Waals surface area contributed by atoms with Crippen molar-refractivity contribution in [2.75, 3.05) is 17.3 Å². The molecule has 0 fully saturated rings. The van der Waals surface area contributed by atoms with Gasteiger partial charge in [-0.3, -0.25) is 10.1 Å². The van der Waals surface area contributed by atoms with Crippen molar-refractivity contribution < 1.29 is 0 Å². The van der Waals surface area contributed by atoms with Crippen molar-refractivity contribution in [3.05, 3.63) is 29.1 Å². The minimum atomic E-state index is 0.370. The van der Waals surface area contributed by atoms with Gasteiger partial charge in [-0.15, -0.1) is 0 Å². The zero-order valence-corrected chi connectivity index (χ0v) is 10.6. The van der Waals surface area contributed by atoms with Crippen LogP contribution in [-0.4, -0.2) is 26.3 Å². The van der Waals surface area contributed by atoms with E-state index in [1.54, 1.807) is 12.4 Å². The molecule has 17 heavy (non-hydrogen) atoms. The topological polar surface area (TPSA) is 93.7 Å². The van der Waals surface area contributed by atoms with Gasteiger partial charge in [0.2, 0.25) is 5.95 Å². The number of nitrogens with zero attached hydrogens (tertiary/aromatic N) is 4. The summed E-state index contributed by atoms with van der Waals surface area (Å²) >= 11 is 3.36. The third-order valence-electron chi connectivity index (χ3n) is 2.07. The van der Waals surface area contributed by atoms with E-state index in [1.165, 1.54) is 0 Å². The summed E-state index contributed by atoms with van der Waals surface area (Å²) in [7, 11) is 0. The molecule has 0 unspecified atom stereocenters. The Kier molecular flexibility index (Phi) is 3.89. The Labute approximate surface area is 107 Å². The Morgan fingerprint density at radius 2 is 2.35 bits per heavy atom. The first-order valence-corrected chi connectivity index (χ1v) is 5.79. The summed E-state index contributed by atoms with van der Waals surface area (Å²) in [5, 5.41) is 7.27. The van der Waals surface area contributed by atoms with Crippen LogP contribution in [-0.2, 0) is 6.54 Å². The molecular formula is C9H12BrN7. The van der Waals surface area contributed by atoms with Crippen molar-refractivity contribution >= 4 is 27.7 Å². The van der Waals surface area contributed by atoms with Crippen LogP contribution in [0.15, 0.2) is 29.1 Å². The van der Waals surface area contributed by atoms with Gasteiger partial charge < -0.3 is 5.32 Å². The van der Waals surface area contributed by atoms with Gasteiger partial charge in [0.25, 0.3) is 0 Å². The lowest BCUT2D eigenvalue weighted by Gasteiger charge is -2.08. The second-order valence-electron chi connectivity index (χ2n) is 3.23. The first kappa shape index (κ1) is 11.8. The van der Waals surface area contributed by atoms with Gasteiger partial charge in [0, 0.05) is 25.1 Å². The molecule has 0 aliphatic rings. The number of nitrogens with two attached hydrogens (primary N) is 1. The maximum Gasteiger partial charge on any atom is 0.239 e. The van der Waals surface area contributed by atoms with Gasteiger partial charge in [0.1, 0.15) is 5.82 Å². The average Bonchev–Trinajstić information content (AvgIpc) is 2.84. The molecule has 0 aliphatic heterocycles. The molecular weight excluding hydrogens is 286 g/mol. The highest BCUT2D eigenvalue weighted by molar-refractivity contribution is 9.10. The van der Waals surface area contributed by atoms with Crippen molar-refractivity contribution in [3.63, 3.8) is 0 Å². The zero-order chi connectivity index (χ0) is 12.1. The molecule has 2 rings (SSSR count). The maximum absolute atomic E-state index is 5.24. The van der Waals surface area contributed by atoms with Crippen LogP contribution >= 0.6 is 15.9 Å². The lowest BCUT2D eigenvalue weighted by atomic mass is 10.5. The first-order chi connectivity index (χ1) is 8.29. The fraction of sp³-hybridized carbons (Fsp3) is 0.222. The van der Waals surface area contributed by atoms with E-state index in [0.717, 1.165) is 11.0 Å². The van der Waals surface area contributed by atoms with Crippen LogP contribution in [0.4, 0.5) is 11.8 Å². The lowest BCUT2D eigenvalue weighted by Crippen LogP contribution is -2.15. The molecule has 0 saturated heterocycles. The molecule has 4 N–H and O–H groups in total. The van der Waals surface area contributed by atoms with E-state index >= 15 is 0 Å². The van der Waals surface area contributed by atoms with E-state index in [2.05, 4.69) is 41.7 Å². The van der Waals surface area contributed by atoms with Crippen LogP contribution in [0.5, 0.6) is 0 Å².